The highest BCUT2D eigenvalue weighted by Gasteiger charge is 2.08. The van der Waals surface area contributed by atoms with Gasteiger partial charge in [-0.05, 0) is 30.2 Å². The summed E-state index contributed by atoms with van der Waals surface area (Å²) in [6, 6.07) is 11.4. The lowest BCUT2D eigenvalue weighted by Crippen LogP contribution is -2.09. The number of benzene rings is 1. The summed E-state index contributed by atoms with van der Waals surface area (Å²) >= 11 is 1.68. The van der Waals surface area contributed by atoms with Crippen LogP contribution in [0, 0.1) is 0 Å². The first-order valence-electron chi connectivity index (χ1n) is 6.25. The predicted octanol–water partition coefficient (Wildman–Crippen LogP) is 3.18. The standard InChI is InChI=1S/C15H17NO2S/c1-2-12-7-8-13(19-12)10-18-15(17)9-11-5-3-4-6-14(11)16/h3-8H,2,9-10,16H2,1H3. The maximum atomic E-state index is 11.7. The molecule has 0 atom stereocenters. The van der Waals surface area contributed by atoms with Crippen molar-refractivity contribution >= 4 is 23.0 Å². The van der Waals surface area contributed by atoms with Crippen LogP contribution < -0.4 is 5.73 Å². The molecule has 0 amide bonds. The Kier molecular flexibility index (Phi) is 4.58. The largest absolute Gasteiger partial charge is 0.460 e. The first-order chi connectivity index (χ1) is 9.19. The molecule has 0 saturated carbocycles. The van der Waals surface area contributed by atoms with Gasteiger partial charge in [-0.25, -0.2) is 0 Å². The molecule has 1 aromatic carbocycles. The monoisotopic (exact) mass is 275 g/mol. The zero-order valence-corrected chi connectivity index (χ0v) is 11.7. The zero-order chi connectivity index (χ0) is 13.7. The second-order valence-corrected chi connectivity index (χ2v) is 5.51. The average Bonchev–Trinajstić information content (AvgIpc) is 2.87. The van der Waals surface area contributed by atoms with Gasteiger partial charge in [-0.2, -0.15) is 0 Å². The lowest BCUT2D eigenvalue weighted by molar-refractivity contribution is -0.144. The van der Waals surface area contributed by atoms with Crippen LogP contribution in [0.25, 0.3) is 0 Å². The molecule has 0 aliphatic heterocycles. The molecule has 0 aliphatic rings. The van der Waals surface area contributed by atoms with E-state index >= 15 is 0 Å². The summed E-state index contributed by atoms with van der Waals surface area (Å²) in [7, 11) is 0. The maximum absolute atomic E-state index is 11.7. The Balaban J connectivity index is 1.86. The van der Waals surface area contributed by atoms with Crippen LogP contribution in [0.3, 0.4) is 0 Å². The number of thiophene rings is 1. The van der Waals surface area contributed by atoms with Crippen molar-refractivity contribution in [1.82, 2.24) is 0 Å². The Bertz CT molecular complexity index is 563. The number of esters is 1. The first-order valence-corrected chi connectivity index (χ1v) is 7.07. The van der Waals surface area contributed by atoms with Crippen LogP contribution in [0.5, 0.6) is 0 Å². The lowest BCUT2D eigenvalue weighted by atomic mass is 10.1. The van der Waals surface area contributed by atoms with E-state index < -0.39 is 0 Å². The van der Waals surface area contributed by atoms with Gasteiger partial charge in [-0.1, -0.05) is 25.1 Å². The highest BCUT2D eigenvalue weighted by molar-refractivity contribution is 7.11. The van der Waals surface area contributed by atoms with Gasteiger partial charge >= 0.3 is 5.97 Å². The van der Waals surface area contributed by atoms with Crippen LogP contribution >= 0.6 is 11.3 Å². The van der Waals surface area contributed by atoms with Gasteiger partial charge in [-0.3, -0.25) is 4.79 Å². The second-order valence-electron chi connectivity index (χ2n) is 4.26. The number of hydrogen-bond donors (Lipinski definition) is 1. The minimum Gasteiger partial charge on any atom is -0.460 e. The van der Waals surface area contributed by atoms with Crippen LogP contribution in [0.1, 0.15) is 22.2 Å². The minimum atomic E-state index is -0.246. The van der Waals surface area contributed by atoms with Crippen LogP contribution in [0.4, 0.5) is 5.69 Å². The first kappa shape index (κ1) is 13.6. The van der Waals surface area contributed by atoms with E-state index in [-0.39, 0.29) is 12.4 Å². The fourth-order valence-corrected chi connectivity index (χ4v) is 2.61. The molecule has 1 aromatic heterocycles. The van der Waals surface area contributed by atoms with Gasteiger partial charge in [-0.15, -0.1) is 11.3 Å². The number of nitrogen functional groups attached to an aromatic ring is 1. The minimum absolute atomic E-state index is 0.221. The van der Waals surface area contributed by atoms with E-state index in [4.69, 9.17) is 10.5 Å². The molecule has 19 heavy (non-hydrogen) atoms. The van der Waals surface area contributed by atoms with Gasteiger partial charge in [0.2, 0.25) is 0 Å². The number of hydrogen-bond acceptors (Lipinski definition) is 4. The summed E-state index contributed by atoms with van der Waals surface area (Å²) in [4.78, 5) is 14.1. The summed E-state index contributed by atoms with van der Waals surface area (Å²) in [5.41, 5.74) is 7.23. The Labute approximate surface area is 117 Å². The van der Waals surface area contributed by atoms with Crippen molar-refractivity contribution in [3.8, 4) is 0 Å². The van der Waals surface area contributed by atoms with Crippen LogP contribution in [0.15, 0.2) is 36.4 Å². The van der Waals surface area contributed by atoms with Crippen molar-refractivity contribution in [3.05, 3.63) is 51.7 Å². The van der Waals surface area contributed by atoms with Gasteiger partial charge < -0.3 is 10.5 Å². The molecule has 0 fully saturated rings. The summed E-state index contributed by atoms with van der Waals surface area (Å²) in [5, 5.41) is 0. The van der Waals surface area contributed by atoms with Gasteiger partial charge in [0.15, 0.2) is 0 Å². The second kappa shape index (κ2) is 6.38. The summed E-state index contributed by atoms with van der Waals surface area (Å²) in [6.07, 6.45) is 1.23. The molecule has 100 valence electrons. The molecular weight excluding hydrogens is 258 g/mol. The smallest absolute Gasteiger partial charge is 0.310 e. The molecule has 0 saturated heterocycles. The number of para-hydroxylation sites is 1. The fraction of sp³-hybridized carbons (Fsp3) is 0.267. The molecule has 2 aromatic rings. The van der Waals surface area contributed by atoms with Gasteiger partial charge in [0, 0.05) is 15.4 Å². The number of nitrogens with two attached hydrogens (primary N) is 1. The number of ether oxygens (including phenoxy) is 1. The normalized spacial score (nSPS) is 10.4. The number of aryl methyl sites for hydroxylation is 1. The molecule has 0 unspecified atom stereocenters. The molecule has 0 aliphatic carbocycles. The van der Waals surface area contributed by atoms with E-state index in [1.807, 2.05) is 24.3 Å². The third-order valence-electron chi connectivity index (χ3n) is 2.83. The summed E-state index contributed by atoms with van der Waals surface area (Å²) in [5.74, 6) is -0.246. The highest BCUT2D eigenvalue weighted by atomic mass is 32.1. The highest BCUT2D eigenvalue weighted by Crippen LogP contribution is 2.18. The Morgan fingerprint density at radius 1 is 1.21 bits per heavy atom. The Morgan fingerprint density at radius 3 is 2.63 bits per heavy atom. The molecule has 3 nitrogen and oxygen atoms in total. The quantitative estimate of drug-likeness (QED) is 0.673. The van der Waals surface area contributed by atoms with Crippen LogP contribution in [0.2, 0.25) is 0 Å². The van der Waals surface area contributed by atoms with E-state index in [0.29, 0.717) is 12.3 Å². The average molecular weight is 275 g/mol. The lowest BCUT2D eigenvalue weighted by Gasteiger charge is -2.05. The van der Waals surface area contributed by atoms with Gasteiger partial charge in [0.1, 0.15) is 6.61 Å². The Morgan fingerprint density at radius 2 is 1.95 bits per heavy atom. The van der Waals surface area contributed by atoms with E-state index in [2.05, 4.69) is 13.0 Å². The zero-order valence-electron chi connectivity index (χ0n) is 10.9. The van der Waals surface area contributed by atoms with Crippen molar-refractivity contribution in [2.24, 2.45) is 0 Å². The number of carbonyl (C=O) groups is 1. The predicted molar refractivity (Wildman–Crippen MR) is 78.1 cm³/mol. The van der Waals surface area contributed by atoms with E-state index in [1.54, 1.807) is 17.4 Å². The van der Waals surface area contributed by atoms with E-state index in [9.17, 15) is 4.79 Å². The molecule has 0 spiro atoms. The topological polar surface area (TPSA) is 52.3 Å². The third-order valence-corrected chi connectivity index (χ3v) is 4.03. The van der Waals surface area contributed by atoms with Crippen molar-refractivity contribution in [1.29, 1.82) is 0 Å². The van der Waals surface area contributed by atoms with Gasteiger partial charge in [0.25, 0.3) is 0 Å². The van der Waals surface area contributed by atoms with Crippen molar-refractivity contribution in [2.75, 3.05) is 5.73 Å². The SMILES string of the molecule is CCc1ccc(COC(=O)Cc2ccccc2N)s1. The molecule has 2 N–H and O–H groups in total. The number of anilines is 1. The van der Waals surface area contributed by atoms with Crippen molar-refractivity contribution in [2.45, 2.75) is 26.4 Å². The van der Waals surface area contributed by atoms with Crippen molar-refractivity contribution < 1.29 is 9.53 Å². The van der Waals surface area contributed by atoms with Crippen LogP contribution in [-0.4, -0.2) is 5.97 Å². The summed E-state index contributed by atoms with van der Waals surface area (Å²) < 4.78 is 5.26. The van der Waals surface area contributed by atoms with Gasteiger partial charge in [0.05, 0.1) is 6.42 Å². The van der Waals surface area contributed by atoms with E-state index in [1.165, 1.54) is 4.88 Å². The molecule has 2 rings (SSSR count). The third kappa shape index (κ3) is 3.83. The van der Waals surface area contributed by atoms with Crippen LogP contribution in [-0.2, 0) is 29.0 Å². The molecule has 1 heterocycles. The maximum Gasteiger partial charge on any atom is 0.310 e. The number of rotatable bonds is 5. The molecule has 4 heteroatoms. The van der Waals surface area contributed by atoms with E-state index in [0.717, 1.165) is 16.9 Å². The fourth-order valence-electron chi connectivity index (χ4n) is 1.74. The Hall–Kier alpha value is -1.81. The molecule has 0 bridgehead atoms. The number of carbonyl (C=O) groups excluding carboxylic acids is 1. The molecular formula is C15H17NO2S. The molecule has 0 radical (unpaired) electrons. The summed E-state index contributed by atoms with van der Waals surface area (Å²) in [6.45, 7) is 2.45. The van der Waals surface area contributed by atoms with Crippen molar-refractivity contribution in [3.63, 3.8) is 0 Å².